The highest BCUT2D eigenvalue weighted by molar-refractivity contribution is 6.01. The fourth-order valence-electron chi connectivity index (χ4n) is 4.93. The van der Waals surface area contributed by atoms with Crippen molar-refractivity contribution in [1.29, 1.82) is 0 Å². The van der Waals surface area contributed by atoms with E-state index in [1.54, 1.807) is 14.2 Å². The van der Waals surface area contributed by atoms with Gasteiger partial charge in [0.2, 0.25) is 0 Å². The number of ether oxygens (including phenoxy) is 2. The number of aromatic nitrogens is 2. The number of carbonyl (C=O) groups is 1. The summed E-state index contributed by atoms with van der Waals surface area (Å²) in [6.45, 7) is 4.84. The van der Waals surface area contributed by atoms with E-state index in [2.05, 4.69) is 43.1 Å². The highest BCUT2D eigenvalue weighted by atomic mass is 16.5. The Morgan fingerprint density at radius 3 is 2.47 bits per heavy atom. The normalized spacial score (nSPS) is 17.8. The van der Waals surface area contributed by atoms with Crippen molar-refractivity contribution in [1.82, 2.24) is 14.9 Å². The number of fused-ring (bicyclic) bond motifs is 1. The number of carbonyl (C=O) groups excluding carboxylic acids is 1. The zero-order chi connectivity index (χ0) is 23.9. The van der Waals surface area contributed by atoms with E-state index in [1.165, 1.54) is 5.56 Å². The molecule has 6 heteroatoms. The summed E-state index contributed by atoms with van der Waals surface area (Å²) >= 11 is 0. The lowest BCUT2D eigenvalue weighted by molar-refractivity contribution is 0.0607. The Kier molecular flexibility index (Phi) is 5.52. The summed E-state index contributed by atoms with van der Waals surface area (Å²) in [5.74, 6) is 2.06. The first-order valence-corrected chi connectivity index (χ1v) is 11.5. The molecule has 1 aromatic heterocycles. The van der Waals surface area contributed by atoms with Gasteiger partial charge in [-0.05, 0) is 43.9 Å². The third-order valence-electron chi connectivity index (χ3n) is 6.90. The van der Waals surface area contributed by atoms with Gasteiger partial charge in [-0.2, -0.15) is 0 Å². The van der Waals surface area contributed by atoms with E-state index in [9.17, 15) is 4.79 Å². The highest BCUT2D eigenvalue weighted by Crippen LogP contribution is 2.41. The van der Waals surface area contributed by atoms with Crippen LogP contribution in [-0.2, 0) is 5.54 Å². The molecule has 1 aliphatic heterocycles. The SMILES string of the molecule is COc1cc2nc(C3(C)CCCN3C(=O)c3ccccc3-c3ccc(C)cc3)[nH]c2cc1OC. The number of nitrogens with one attached hydrogen (secondary N) is 1. The number of imidazole rings is 1. The lowest BCUT2D eigenvalue weighted by atomic mass is 9.94. The van der Waals surface area contributed by atoms with Crippen LogP contribution in [0.3, 0.4) is 0 Å². The second-order valence-electron chi connectivity index (χ2n) is 9.06. The molecule has 1 fully saturated rings. The molecule has 1 aliphatic rings. The Balaban J connectivity index is 1.54. The molecular formula is C28H29N3O3. The minimum Gasteiger partial charge on any atom is -0.493 e. The number of aryl methyl sites for hydroxylation is 1. The summed E-state index contributed by atoms with van der Waals surface area (Å²) < 4.78 is 10.9. The van der Waals surface area contributed by atoms with Gasteiger partial charge < -0.3 is 19.4 Å². The van der Waals surface area contributed by atoms with Crippen molar-refractivity contribution in [3.8, 4) is 22.6 Å². The van der Waals surface area contributed by atoms with Crippen LogP contribution < -0.4 is 9.47 Å². The van der Waals surface area contributed by atoms with Crippen LogP contribution in [0.15, 0.2) is 60.7 Å². The quantitative estimate of drug-likeness (QED) is 0.419. The molecule has 0 aliphatic carbocycles. The molecule has 1 saturated heterocycles. The Morgan fingerprint density at radius 2 is 1.74 bits per heavy atom. The third-order valence-corrected chi connectivity index (χ3v) is 6.90. The first-order valence-electron chi connectivity index (χ1n) is 11.5. The van der Waals surface area contributed by atoms with Gasteiger partial charge in [-0.15, -0.1) is 0 Å². The maximum atomic E-state index is 14.0. The average Bonchev–Trinajstić information content (AvgIpc) is 3.47. The van der Waals surface area contributed by atoms with Crippen LogP contribution in [0, 0.1) is 6.92 Å². The average molecular weight is 456 g/mol. The molecule has 0 spiro atoms. The lowest BCUT2D eigenvalue weighted by Crippen LogP contribution is -2.43. The van der Waals surface area contributed by atoms with Gasteiger partial charge in [0, 0.05) is 24.2 Å². The molecule has 174 valence electrons. The van der Waals surface area contributed by atoms with Crippen molar-refractivity contribution in [3.05, 3.63) is 77.6 Å². The summed E-state index contributed by atoms with van der Waals surface area (Å²) in [6.07, 6.45) is 1.75. The van der Waals surface area contributed by atoms with Gasteiger partial charge >= 0.3 is 0 Å². The van der Waals surface area contributed by atoms with E-state index in [1.807, 2.05) is 41.3 Å². The van der Waals surface area contributed by atoms with E-state index in [-0.39, 0.29) is 5.91 Å². The summed E-state index contributed by atoms with van der Waals surface area (Å²) in [6, 6.07) is 19.9. The number of likely N-dealkylation sites (tertiary alicyclic amines) is 1. The number of aromatic amines is 1. The molecule has 3 aromatic carbocycles. The van der Waals surface area contributed by atoms with Gasteiger partial charge in [0.25, 0.3) is 5.91 Å². The molecule has 6 nitrogen and oxygen atoms in total. The number of methoxy groups -OCH3 is 2. The Morgan fingerprint density at radius 1 is 1.03 bits per heavy atom. The van der Waals surface area contributed by atoms with Gasteiger partial charge in [0.1, 0.15) is 5.82 Å². The molecule has 34 heavy (non-hydrogen) atoms. The van der Waals surface area contributed by atoms with Crippen molar-refractivity contribution >= 4 is 16.9 Å². The minimum absolute atomic E-state index is 0.0202. The number of hydrogen-bond acceptors (Lipinski definition) is 4. The fourth-order valence-corrected chi connectivity index (χ4v) is 4.93. The molecule has 0 radical (unpaired) electrons. The molecule has 1 amide bonds. The Bertz CT molecular complexity index is 1320. The first-order chi connectivity index (χ1) is 16.4. The second kappa shape index (κ2) is 8.52. The summed E-state index contributed by atoms with van der Waals surface area (Å²) in [4.78, 5) is 24.3. The monoisotopic (exact) mass is 455 g/mol. The number of amides is 1. The van der Waals surface area contributed by atoms with Crippen LogP contribution in [0.1, 0.15) is 41.5 Å². The lowest BCUT2D eigenvalue weighted by Gasteiger charge is -2.34. The highest BCUT2D eigenvalue weighted by Gasteiger charge is 2.44. The molecule has 5 rings (SSSR count). The van der Waals surface area contributed by atoms with E-state index in [0.29, 0.717) is 23.6 Å². The predicted molar refractivity (Wildman–Crippen MR) is 133 cm³/mol. The first kappa shape index (κ1) is 22.0. The molecule has 0 bridgehead atoms. The van der Waals surface area contributed by atoms with Crippen molar-refractivity contribution < 1.29 is 14.3 Å². The van der Waals surface area contributed by atoms with Crippen molar-refractivity contribution in [2.24, 2.45) is 0 Å². The summed E-state index contributed by atoms with van der Waals surface area (Å²) in [5, 5.41) is 0. The number of benzene rings is 3. The maximum absolute atomic E-state index is 14.0. The fraction of sp³-hybridized carbons (Fsp3) is 0.286. The van der Waals surface area contributed by atoms with E-state index in [4.69, 9.17) is 14.5 Å². The van der Waals surface area contributed by atoms with E-state index in [0.717, 1.165) is 40.8 Å². The largest absolute Gasteiger partial charge is 0.493 e. The van der Waals surface area contributed by atoms with Gasteiger partial charge in [0.15, 0.2) is 11.5 Å². The summed E-state index contributed by atoms with van der Waals surface area (Å²) in [5.41, 5.74) is 4.98. The van der Waals surface area contributed by atoms with Gasteiger partial charge in [0.05, 0.1) is 30.8 Å². The number of H-pyrrole nitrogens is 1. The zero-order valence-electron chi connectivity index (χ0n) is 20.0. The Hall–Kier alpha value is -3.80. The topological polar surface area (TPSA) is 67.5 Å². The van der Waals surface area contributed by atoms with Crippen LogP contribution in [-0.4, -0.2) is 41.5 Å². The van der Waals surface area contributed by atoms with Crippen LogP contribution in [0.2, 0.25) is 0 Å². The Labute approximate surface area is 199 Å². The van der Waals surface area contributed by atoms with E-state index >= 15 is 0 Å². The van der Waals surface area contributed by atoms with Crippen LogP contribution >= 0.6 is 0 Å². The molecule has 4 aromatic rings. The standard InChI is InChI=1S/C28H29N3O3/c1-18-10-12-19(13-11-18)20-8-5-6-9-21(20)26(32)31-15-7-14-28(31,2)27-29-22-16-24(33-3)25(34-4)17-23(22)30-27/h5-6,8-13,16-17H,7,14-15H2,1-4H3,(H,29,30). The van der Waals surface area contributed by atoms with Crippen molar-refractivity contribution in [2.45, 2.75) is 32.2 Å². The molecule has 1 atom stereocenters. The summed E-state index contributed by atoms with van der Waals surface area (Å²) in [7, 11) is 3.23. The molecule has 0 saturated carbocycles. The van der Waals surface area contributed by atoms with Crippen LogP contribution in [0.25, 0.3) is 22.2 Å². The minimum atomic E-state index is -0.545. The van der Waals surface area contributed by atoms with E-state index < -0.39 is 5.54 Å². The van der Waals surface area contributed by atoms with Crippen LogP contribution in [0.5, 0.6) is 11.5 Å². The van der Waals surface area contributed by atoms with Crippen molar-refractivity contribution in [3.63, 3.8) is 0 Å². The smallest absolute Gasteiger partial charge is 0.255 e. The predicted octanol–water partition coefficient (Wildman–Crippen LogP) is 5.71. The molecule has 1 unspecified atom stereocenters. The van der Waals surface area contributed by atoms with Gasteiger partial charge in [-0.3, -0.25) is 4.79 Å². The maximum Gasteiger partial charge on any atom is 0.255 e. The van der Waals surface area contributed by atoms with Gasteiger partial charge in [-0.1, -0.05) is 48.0 Å². The zero-order valence-corrected chi connectivity index (χ0v) is 20.0. The van der Waals surface area contributed by atoms with Crippen molar-refractivity contribution in [2.75, 3.05) is 20.8 Å². The van der Waals surface area contributed by atoms with Gasteiger partial charge in [-0.25, -0.2) is 4.98 Å². The number of nitrogens with zero attached hydrogens (tertiary/aromatic N) is 2. The number of rotatable bonds is 5. The molecule has 2 heterocycles. The second-order valence-corrected chi connectivity index (χ2v) is 9.06. The molecular weight excluding hydrogens is 426 g/mol. The number of hydrogen-bond donors (Lipinski definition) is 1. The third kappa shape index (κ3) is 3.59. The molecule has 1 N–H and O–H groups in total. The van der Waals surface area contributed by atoms with Crippen LogP contribution in [0.4, 0.5) is 0 Å².